The van der Waals surface area contributed by atoms with E-state index < -0.39 is 0 Å². The highest BCUT2D eigenvalue weighted by molar-refractivity contribution is 8.01. The van der Waals surface area contributed by atoms with Crippen molar-refractivity contribution < 1.29 is 9.59 Å². The fourth-order valence-electron chi connectivity index (χ4n) is 2.62. The predicted molar refractivity (Wildman–Crippen MR) is 111 cm³/mol. The van der Waals surface area contributed by atoms with E-state index in [4.69, 9.17) is 0 Å². The van der Waals surface area contributed by atoms with Crippen LogP contribution in [0.25, 0.3) is 0 Å². The summed E-state index contributed by atoms with van der Waals surface area (Å²) in [6, 6.07) is 13.7. The molecule has 0 saturated carbocycles. The van der Waals surface area contributed by atoms with E-state index in [2.05, 4.69) is 17.6 Å². The van der Waals surface area contributed by atoms with Crippen molar-refractivity contribution in [3.05, 3.63) is 59.2 Å². The molecule has 2 rings (SSSR count). The van der Waals surface area contributed by atoms with Crippen LogP contribution in [-0.2, 0) is 16.0 Å². The van der Waals surface area contributed by atoms with Crippen molar-refractivity contribution in [2.45, 2.75) is 39.4 Å². The number of aryl methyl sites for hydroxylation is 3. The number of carbonyl (C=O) groups excluding carboxylic acids is 2. The molecule has 5 heteroatoms. The molecule has 0 aliphatic rings. The summed E-state index contributed by atoms with van der Waals surface area (Å²) in [5.41, 5.74) is 4.92. The van der Waals surface area contributed by atoms with Crippen LogP contribution in [0.3, 0.4) is 0 Å². The molecule has 0 fully saturated rings. The number of carbonyl (C=O) groups is 2. The lowest BCUT2D eigenvalue weighted by Crippen LogP contribution is -2.25. The Labute approximate surface area is 159 Å². The number of thioether (sulfide) groups is 1. The van der Waals surface area contributed by atoms with E-state index in [1.165, 1.54) is 11.8 Å². The lowest BCUT2D eigenvalue weighted by atomic mass is 10.1. The van der Waals surface area contributed by atoms with Crippen LogP contribution in [0.1, 0.15) is 30.5 Å². The first-order valence-electron chi connectivity index (χ1n) is 8.78. The van der Waals surface area contributed by atoms with Crippen molar-refractivity contribution >= 4 is 35.0 Å². The number of hydrogen-bond donors (Lipinski definition) is 2. The molecule has 2 amide bonds. The lowest BCUT2D eigenvalue weighted by molar-refractivity contribution is -0.115. The summed E-state index contributed by atoms with van der Waals surface area (Å²) in [6.45, 7) is 7.86. The molecule has 2 aromatic rings. The standard InChI is InChI=1S/C21H26N2O2S/c1-5-17-10-7-9-15(3)20(17)23-21(25)16(4)26-13-19(24)22-18-11-6-8-14(2)12-18/h6-12,16H,5,13H2,1-4H3,(H,22,24)(H,23,25)/t16-/m0/s1. The topological polar surface area (TPSA) is 58.2 Å². The molecule has 0 spiro atoms. The second kappa shape index (κ2) is 9.43. The first-order chi connectivity index (χ1) is 12.4. The Morgan fingerprint density at radius 3 is 2.50 bits per heavy atom. The van der Waals surface area contributed by atoms with Gasteiger partial charge in [-0.2, -0.15) is 0 Å². The first kappa shape index (κ1) is 20.0. The fourth-order valence-corrected chi connectivity index (χ4v) is 3.31. The molecule has 2 N–H and O–H groups in total. The Morgan fingerprint density at radius 1 is 1.08 bits per heavy atom. The molecule has 0 saturated heterocycles. The summed E-state index contributed by atoms with van der Waals surface area (Å²) in [4.78, 5) is 24.6. The summed E-state index contributed by atoms with van der Waals surface area (Å²) in [6.07, 6.45) is 0.859. The van der Waals surface area contributed by atoms with Crippen molar-refractivity contribution in [1.29, 1.82) is 0 Å². The molecule has 0 aliphatic heterocycles. The van der Waals surface area contributed by atoms with Crippen LogP contribution in [0, 0.1) is 13.8 Å². The van der Waals surface area contributed by atoms with Crippen LogP contribution in [0.4, 0.5) is 11.4 Å². The number of hydrogen-bond acceptors (Lipinski definition) is 3. The smallest absolute Gasteiger partial charge is 0.237 e. The summed E-state index contributed by atoms with van der Waals surface area (Å²) < 4.78 is 0. The number of para-hydroxylation sites is 1. The molecule has 1 atom stereocenters. The molecular formula is C21H26N2O2S. The maximum Gasteiger partial charge on any atom is 0.237 e. The SMILES string of the molecule is CCc1cccc(C)c1NC(=O)[C@H](C)SCC(=O)Nc1cccc(C)c1. The number of nitrogens with one attached hydrogen (secondary N) is 2. The van der Waals surface area contributed by atoms with Gasteiger partial charge in [-0.25, -0.2) is 0 Å². The second-order valence-electron chi connectivity index (χ2n) is 6.32. The summed E-state index contributed by atoms with van der Waals surface area (Å²) in [7, 11) is 0. The molecule has 26 heavy (non-hydrogen) atoms. The lowest BCUT2D eigenvalue weighted by Gasteiger charge is -2.16. The number of amides is 2. The minimum absolute atomic E-state index is 0.0812. The van der Waals surface area contributed by atoms with Crippen molar-refractivity contribution in [2.24, 2.45) is 0 Å². The average molecular weight is 371 g/mol. The van der Waals surface area contributed by atoms with Crippen molar-refractivity contribution in [2.75, 3.05) is 16.4 Å². The quantitative estimate of drug-likeness (QED) is 0.751. The molecule has 2 aromatic carbocycles. The zero-order valence-electron chi connectivity index (χ0n) is 15.8. The maximum atomic E-state index is 12.5. The van der Waals surface area contributed by atoms with E-state index in [0.29, 0.717) is 0 Å². The van der Waals surface area contributed by atoms with Gasteiger partial charge in [0.25, 0.3) is 0 Å². The van der Waals surface area contributed by atoms with E-state index in [1.54, 1.807) is 0 Å². The van der Waals surface area contributed by atoms with Gasteiger partial charge in [-0.05, 0) is 56.0 Å². The van der Waals surface area contributed by atoms with E-state index >= 15 is 0 Å². The van der Waals surface area contributed by atoms with E-state index in [0.717, 1.165) is 34.5 Å². The molecule has 0 unspecified atom stereocenters. The molecular weight excluding hydrogens is 344 g/mol. The Hall–Kier alpha value is -2.27. The summed E-state index contributed by atoms with van der Waals surface area (Å²) in [5.74, 6) is 0.0458. The molecule has 138 valence electrons. The number of anilines is 2. The van der Waals surface area contributed by atoms with Gasteiger partial charge in [0.05, 0.1) is 11.0 Å². The van der Waals surface area contributed by atoms with Crippen LogP contribution >= 0.6 is 11.8 Å². The summed E-state index contributed by atoms with van der Waals surface area (Å²) >= 11 is 1.33. The predicted octanol–water partition coefficient (Wildman–Crippen LogP) is 4.56. The van der Waals surface area contributed by atoms with Gasteiger partial charge < -0.3 is 10.6 Å². The average Bonchev–Trinajstić information content (AvgIpc) is 2.61. The third-order valence-electron chi connectivity index (χ3n) is 4.12. The molecule has 4 nitrogen and oxygen atoms in total. The van der Waals surface area contributed by atoms with Gasteiger partial charge in [-0.15, -0.1) is 11.8 Å². The van der Waals surface area contributed by atoms with Crippen molar-refractivity contribution in [3.63, 3.8) is 0 Å². The van der Waals surface area contributed by atoms with Gasteiger partial charge in [-0.3, -0.25) is 9.59 Å². The second-order valence-corrected chi connectivity index (χ2v) is 7.65. The minimum Gasteiger partial charge on any atom is -0.325 e. The molecule has 0 heterocycles. The van der Waals surface area contributed by atoms with Crippen molar-refractivity contribution in [1.82, 2.24) is 0 Å². The summed E-state index contributed by atoms with van der Waals surface area (Å²) in [5, 5.41) is 5.56. The molecule has 0 aromatic heterocycles. The van der Waals surface area contributed by atoms with Crippen LogP contribution in [0.15, 0.2) is 42.5 Å². The normalized spacial score (nSPS) is 11.7. The highest BCUT2D eigenvalue weighted by Gasteiger charge is 2.17. The third kappa shape index (κ3) is 5.63. The van der Waals surface area contributed by atoms with Gasteiger partial charge in [0, 0.05) is 11.4 Å². The first-order valence-corrected chi connectivity index (χ1v) is 9.83. The van der Waals surface area contributed by atoms with Gasteiger partial charge >= 0.3 is 0 Å². The molecule has 0 radical (unpaired) electrons. The Bertz CT molecular complexity index is 789. The minimum atomic E-state index is -0.317. The van der Waals surface area contributed by atoms with Crippen LogP contribution in [0.5, 0.6) is 0 Å². The molecule has 0 bridgehead atoms. The highest BCUT2D eigenvalue weighted by atomic mass is 32.2. The van der Waals surface area contributed by atoms with Crippen LogP contribution < -0.4 is 10.6 Å². The number of benzene rings is 2. The Kier molecular flexibility index (Phi) is 7.27. The van der Waals surface area contributed by atoms with Gasteiger partial charge in [-0.1, -0.05) is 37.3 Å². The van der Waals surface area contributed by atoms with Gasteiger partial charge in [0.1, 0.15) is 0 Å². The fraction of sp³-hybridized carbons (Fsp3) is 0.333. The Balaban J connectivity index is 1.88. The zero-order chi connectivity index (χ0) is 19.1. The van der Waals surface area contributed by atoms with Crippen molar-refractivity contribution in [3.8, 4) is 0 Å². The molecule has 0 aliphatic carbocycles. The van der Waals surface area contributed by atoms with E-state index in [9.17, 15) is 9.59 Å². The maximum absolute atomic E-state index is 12.5. The van der Waals surface area contributed by atoms with Crippen LogP contribution in [0.2, 0.25) is 0 Å². The van der Waals surface area contributed by atoms with E-state index in [-0.39, 0.29) is 22.8 Å². The highest BCUT2D eigenvalue weighted by Crippen LogP contribution is 2.23. The van der Waals surface area contributed by atoms with E-state index in [1.807, 2.05) is 63.2 Å². The van der Waals surface area contributed by atoms with Crippen LogP contribution in [-0.4, -0.2) is 22.8 Å². The largest absolute Gasteiger partial charge is 0.325 e. The van der Waals surface area contributed by atoms with Gasteiger partial charge in [0.15, 0.2) is 0 Å². The monoisotopic (exact) mass is 370 g/mol. The third-order valence-corrected chi connectivity index (χ3v) is 5.27. The van der Waals surface area contributed by atoms with Gasteiger partial charge in [0.2, 0.25) is 11.8 Å². The Morgan fingerprint density at radius 2 is 1.81 bits per heavy atom. The zero-order valence-corrected chi connectivity index (χ0v) is 16.6. The number of rotatable bonds is 7.